The molecule has 5 rings (SSSR count). The highest BCUT2D eigenvalue weighted by Gasteiger charge is 2.31. The molecule has 8 heteroatoms. The SMILES string of the molecule is COc1ccc(F)cc1-c1ccnc2[nH]c(C3CCN(CC(=O)NC4CC(F)C4)CC3)cc12. The molecular formula is C25H28F2N4O2. The van der Waals surface area contributed by atoms with Gasteiger partial charge in [0, 0.05) is 34.8 Å². The third kappa shape index (κ3) is 4.57. The van der Waals surface area contributed by atoms with Crippen LogP contribution >= 0.6 is 0 Å². The Kier molecular flexibility index (Phi) is 6.01. The number of piperidine rings is 1. The minimum absolute atomic E-state index is 0.00482. The molecule has 3 aromatic rings. The molecule has 6 nitrogen and oxygen atoms in total. The quantitative estimate of drug-likeness (QED) is 0.587. The second-order valence-corrected chi connectivity index (χ2v) is 9.07. The van der Waals surface area contributed by atoms with Crippen molar-refractivity contribution in [2.45, 2.75) is 43.8 Å². The molecule has 1 aromatic carbocycles. The molecule has 3 heterocycles. The first-order valence-corrected chi connectivity index (χ1v) is 11.5. The van der Waals surface area contributed by atoms with E-state index in [0.717, 1.165) is 48.2 Å². The van der Waals surface area contributed by atoms with E-state index in [1.807, 2.05) is 6.07 Å². The summed E-state index contributed by atoms with van der Waals surface area (Å²) in [6, 6.07) is 8.50. The largest absolute Gasteiger partial charge is 0.496 e. The fraction of sp³-hybridized carbons (Fsp3) is 0.440. The zero-order chi connectivity index (χ0) is 22.9. The number of amides is 1. The van der Waals surface area contributed by atoms with Gasteiger partial charge in [0.2, 0.25) is 5.91 Å². The molecule has 2 aliphatic rings. The summed E-state index contributed by atoms with van der Waals surface area (Å²) in [7, 11) is 1.58. The number of alkyl halides is 1. The molecule has 2 N–H and O–H groups in total. The number of rotatable bonds is 6. The Labute approximate surface area is 191 Å². The number of hydrogen-bond donors (Lipinski definition) is 2. The van der Waals surface area contributed by atoms with E-state index in [2.05, 4.69) is 26.3 Å². The highest BCUT2D eigenvalue weighted by molar-refractivity contribution is 5.95. The van der Waals surface area contributed by atoms with Gasteiger partial charge in [-0.05, 0) is 74.7 Å². The number of fused-ring (bicyclic) bond motifs is 1. The predicted octanol–water partition coefficient (Wildman–Crippen LogP) is 4.17. The molecule has 174 valence electrons. The summed E-state index contributed by atoms with van der Waals surface area (Å²) >= 11 is 0. The molecule has 0 radical (unpaired) electrons. The average molecular weight is 455 g/mol. The van der Waals surface area contributed by atoms with E-state index >= 15 is 0 Å². The van der Waals surface area contributed by atoms with Crippen molar-refractivity contribution < 1.29 is 18.3 Å². The van der Waals surface area contributed by atoms with E-state index in [1.54, 1.807) is 19.4 Å². The molecule has 1 amide bonds. The molecule has 2 aromatic heterocycles. The Balaban J connectivity index is 1.27. The lowest BCUT2D eigenvalue weighted by Gasteiger charge is -2.33. The van der Waals surface area contributed by atoms with Crippen LogP contribution in [0.25, 0.3) is 22.2 Å². The lowest BCUT2D eigenvalue weighted by molar-refractivity contribution is -0.124. The number of likely N-dealkylation sites (tertiary alicyclic amines) is 1. The van der Waals surface area contributed by atoms with Crippen LogP contribution in [0, 0.1) is 5.82 Å². The van der Waals surface area contributed by atoms with Gasteiger partial charge in [0.15, 0.2) is 0 Å². The first-order valence-electron chi connectivity index (χ1n) is 11.5. The first-order chi connectivity index (χ1) is 16.0. The number of nitrogens with one attached hydrogen (secondary N) is 2. The number of H-pyrrole nitrogens is 1. The summed E-state index contributed by atoms with van der Waals surface area (Å²) in [6.07, 6.45) is 3.68. The molecule has 1 saturated heterocycles. The van der Waals surface area contributed by atoms with Crippen LogP contribution in [0.15, 0.2) is 36.5 Å². The van der Waals surface area contributed by atoms with E-state index in [-0.39, 0.29) is 17.8 Å². The van der Waals surface area contributed by atoms with Gasteiger partial charge in [0.25, 0.3) is 0 Å². The summed E-state index contributed by atoms with van der Waals surface area (Å²) < 4.78 is 32.4. The molecule has 2 fully saturated rings. The number of hydrogen-bond acceptors (Lipinski definition) is 4. The van der Waals surface area contributed by atoms with Crippen molar-refractivity contribution in [1.82, 2.24) is 20.2 Å². The van der Waals surface area contributed by atoms with Gasteiger partial charge in [0.05, 0.1) is 13.7 Å². The van der Waals surface area contributed by atoms with Crippen LogP contribution in [-0.4, -0.2) is 59.7 Å². The van der Waals surface area contributed by atoms with Crippen LogP contribution in [0.4, 0.5) is 8.78 Å². The Hall–Kier alpha value is -3.00. The number of benzene rings is 1. The Morgan fingerprint density at radius 3 is 2.73 bits per heavy atom. The molecule has 1 saturated carbocycles. The number of nitrogens with zero attached hydrogens (tertiary/aromatic N) is 2. The van der Waals surface area contributed by atoms with Crippen molar-refractivity contribution in [3.63, 3.8) is 0 Å². The maximum Gasteiger partial charge on any atom is 0.234 e. The third-order valence-electron chi connectivity index (χ3n) is 6.84. The predicted molar refractivity (Wildman–Crippen MR) is 123 cm³/mol. The molecule has 1 aliphatic carbocycles. The van der Waals surface area contributed by atoms with Crippen LogP contribution in [-0.2, 0) is 4.79 Å². The monoisotopic (exact) mass is 454 g/mol. The molecule has 0 bridgehead atoms. The molecule has 1 aliphatic heterocycles. The number of pyridine rings is 1. The van der Waals surface area contributed by atoms with Gasteiger partial charge >= 0.3 is 0 Å². The number of aromatic amines is 1. The number of aromatic nitrogens is 2. The maximum atomic E-state index is 14.0. The van der Waals surface area contributed by atoms with Crippen LogP contribution in [0.3, 0.4) is 0 Å². The zero-order valence-corrected chi connectivity index (χ0v) is 18.6. The van der Waals surface area contributed by atoms with Crippen molar-refractivity contribution in [2.75, 3.05) is 26.7 Å². The fourth-order valence-corrected chi connectivity index (χ4v) is 4.94. The van der Waals surface area contributed by atoms with Crippen LogP contribution in [0.2, 0.25) is 0 Å². The van der Waals surface area contributed by atoms with Crippen molar-refractivity contribution in [1.29, 1.82) is 0 Å². The van der Waals surface area contributed by atoms with E-state index in [1.165, 1.54) is 12.1 Å². The number of methoxy groups -OCH3 is 1. The summed E-state index contributed by atoms with van der Waals surface area (Å²) in [4.78, 5) is 22.3. The van der Waals surface area contributed by atoms with E-state index in [0.29, 0.717) is 36.6 Å². The van der Waals surface area contributed by atoms with Gasteiger partial charge in [-0.15, -0.1) is 0 Å². The van der Waals surface area contributed by atoms with E-state index in [4.69, 9.17) is 4.74 Å². The third-order valence-corrected chi connectivity index (χ3v) is 6.84. The second-order valence-electron chi connectivity index (χ2n) is 9.07. The second kappa shape index (κ2) is 9.09. The minimum Gasteiger partial charge on any atom is -0.496 e. The van der Waals surface area contributed by atoms with Crippen molar-refractivity contribution in [3.8, 4) is 16.9 Å². The zero-order valence-electron chi connectivity index (χ0n) is 18.6. The Bertz CT molecular complexity index is 1150. The van der Waals surface area contributed by atoms with Gasteiger partial charge in [-0.3, -0.25) is 9.69 Å². The Morgan fingerprint density at radius 1 is 1.21 bits per heavy atom. The molecule has 0 spiro atoms. The normalized spacial score (nSPS) is 21.7. The minimum atomic E-state index is -0.764. The molecule has 33 heavy (non-hydrogen) atoms. The molecule has 0 atom stereocenters. The van der Waals surface area contributed by atoms with Crippen molar-refractivity contribution in [2.24, 2.45) is 0 Å². The topological polar surface area (TPSA) is 70.2 Å². The number of ether oxygens (including phenoxy) is 1. The smallest absolute Gasteiger partial charge is 0.234 e. The van der Waals surface area contributed by atoms with Crippen LogP contribution in [0.5, 0.6) is 5.75 Å². The summed E-state index contributed by atoms with van der Waals surface area (Å²) in [5.74, 6) is 0.612. The van der Waals surface area contributed by atoms with Crippen molar-refractivity contribution >= 4 is 16.9 Å². The lowest BCUT2D eigenvalue weighted by atomic mass is 9.90. The first kappa shape index (κ1) is 21.8. The van der Waals surface area contributed by atoms with Gasteiger partial charge in [-0.2, -0.15) is 0 Å². The van der Waals surface area contributed by atoms with E-state index < -0.39 is 6.17 Å². The summed E-state index contributed by atoms with van der Waals surface area (Å²) in [5, 5.41) is 3.85. The number of halogens is 2. The van der Waals surface area contributed by atoms with Gasteiger partial charge in [0.1, 0.15) is 23.4 Å². The maximum absolute atomic E-state index is 14.0. The fourth-order valence-electron chi connectivity index (χ4n) is 4.94. The summed E-state index contributed by atoms with van der Waals surface area (Å²) in [5.41, 5.74) is 3.44. The highest BCUT2D eigenvalue weighted by atomic mass is 19.1. The highest BCUT2D eigenvalue weighted by Crippen LogP contribution is 2.37. The van der Waals surface area contributed by atoms with E-state index in [9.17, 15) is 13.6 Å². The Morgan fingerprint density at radius 2 is 2.00 bits per heavy atom. The number of carbonyl (C=O) groups excluding carboxylic acids is 1. The van der Waals surface area contributed by atoms with Crippen LogP contribution in [0.1, 0.15) is 37.3 Å². The van der Waals surface area contributed by atoms with Gasteiger partial charge in [-0.25, -0.2) is 13.8 Å². The van der Waals surface area contributed by atoms with Gasteiger partial charge in [-0.1, -0.05) is 0 Å². The average Bonchev–Trinajstić information content (AvgIpc) is 3.23. The van der Waals surface area contributed by atoms with Crippen LogP contribution < -0.4 is 10.1 Å². The van der Waals surface area contributed by atoms with Crippen molar-refractivity contribution in [3.05, 3.63) is 48.0 Å². The molecule has 0 unspecified atom stereocenters. The molecular weight excluding hydrogens is 426 g/mol. The summed E-state index contributed by atoms with van der Waals surface area (Å²) in [6.45, 7) is 2.00. The standard InChI is InChI=1S/C25H28F2N4O2/c1-33-23-3-2-16(26)12-20(23)19-4-7-28-25-21(19)13-22(30-25)15-5-8-31(9-6-15)14-24(32)29-18-10-17(27)11-18/h2-4,7,12-13,15,17-18H,5-6,8-11,14H2,1H3,(H,28,30)(H,29,32). The number of carbonyl (C=O) groups is 1. The lowest BCUT2D eigenvalue weighted by Crippen LogP contribution is -2.49. The van der Waals surface area contributed by atoms with Gasteiger partial charge < -0.3 is 15.0 Å².